The lowest BCUT2D eigenvalue weighted by Crippen LogP contribution is -2.48. The van der Waals surface area contributed by atoms with Gasteiger partial charge in [-0.1, -0.05) is 50.2 Å². The molecule has 32 heavy (non-hydrogen) atoms. The Morgan fingerprint density at radius 3 is 2.72 bits per heavy atom. The summed E-state index contributed by atoms with van der Waals surface area (Å²) in [6, 6.07) is 18.2. The van der Waals surface area contributed by atoms with Crippen LogP contribution >= 0.6 is 0 Å². The number of nitrogens with one attached hydrogen (secondary N) is 1. The summed E-state index contributed by atoms with van der Waals surface area (Å²) in [5.74, 6) is 0.282. The van der Waals surface area contributed by atoms with Gasteiger partial charge in [0.25, 0.3) is 5.91 Å². The monoisotopic (exact) mass is 427 g/mol. The van der Waals surface area contributed by atoms with Crippen LogP contribution in [0.15, 0.2) is 59.7 Å². The van der Waals surface area contributed by atoms with Gasteiger partial charge in [-0.15, -0.1) is 0 Å². The first-order chi connectivity index (χ1) is 15.3. The van der Waals surface area contributed by atoms with Gasteiger partial charge in [0, 0.05) is 23.3 Å². The fraction of sp³-hybridized carbons (Fsp3) is 0.357. The molecule has 0 spiro atoms. The summed E-state index contributed by atoms with van der Waals surface area (Å²) in [5.41, 5.74) is 8.42. The van der Waals surface area contributed by atoms with Crippen LogP contribution in [0.3, 0.4) is 0 Å². The number of anilines is 1. The Morgan fingerprint density at radius 2 is 1.94 bits per heavy atom. The van der Waals surface area contributed by atoms with Crippen molar-refractivity contribution in [2.75, 3.05) is 11.4 Å². The minimum absolute atomic E-state index is 0.150. The van der Waals surface area contributed by atoms with Crippen molar-refractivity contribution in [2.45, 2.75) is 58.9 Å². The maximum atomic E-state index is 12.8. The predicted octanol–water partition coefficient (Wildman–Crippen LogP) is 6.41. The summed E-state index contributed by atoms with van der Waals surface area (Å²) in [5, 5.41) is 6.28. The predicted molar refractivity (Wildman–Crippen MR) is 135 cm³/mol. The van der Waals surface area contributed by atoms with Gasteiger partial charge in [0.05, 0.1) is 6.21 Å². The van der Waals surface area contributed by atoms with E-state index < -0.39 is 0 Å². The van der Waals surface area contributed by atoms with Gasteiger partial charge in [0.2, 0.25) is 0 Å². The van der Waals surface area contributed by atoms with Gasteiger partial charge < -0.3 is 4.90 Å². The second kappa shape index (κ2) is 8.78. The highest BCUT2D eigenvalue weighted by Gasteiger charge is 2.36. The number of nitrogens with zero attached hydrogens (tertiary/aromatic N) is 2. The zero-order valence-electron chi connectivity index (χ0n) is 19.8. The van der Waals surface area contributed by atoms with E-state index in [1.165, 1.54) is 11.3 Å². The molecule has 1 unspecified atom stereocenters. The SMILES string of the molecule is CCCN1c2cc(C)c(/C=N\NC(=O)c3cccc4ccccc34)cc2C(C)CC1(C)C. The summed E-state index contributed by atoms with van der Waals surface area (Å²) in [6.45, 7) is 12.4. The largest absolute Gasteiger partial charge is 0.366 e. The normalized spacial score (nSPS) is 17.5. The molecule has 4 heteroatoms. The molecule has 0 saturated carbocycles. The van der Waals surface area contributed by atoms with Crippen molar-refractivity contribution >= 4 is 28.6 Å². The first-order valence-corrected chi connectivity index (χ1v) is 11.5. The van der Waals surface area contributed by atoms with Crippen LogP contribution < -0.4 is 10.3 Å². The number of hydrogen-bond acceptors (Lipinski definition) is 3. The van der Waals surface area contributed by atoms with E-state index in [-0.39, 0.29) is 11.4 Å². The van der Waals surface area contributed by atoms with E-state index in [4.69, 9.17) is 0 Å². The maximum absolute atomic E-state index is 12.8. The lowest BCUT2D eigenvalue weighted by Gasteiger charge is -2.48. The van der Waals surface area contributed by atoms with Gasteiger partial charge in [0.15, 0.2) is 0 Å². The van der Waals surface area contributed by atoms with Gasteiger partial charge in [0.1, 0.15) is 0 Å². The number of carbonyl (C=O) groups is 1. The van der Waals surface area contributed by atoms with Crippen molar-refractivity contribution in [1.29, 1.82) is 0 Å². The van der Waals surface area contributed by atoms with Crippen molar-refractivity contribution in [3.8, 4) is 0 Å². The molecule has 4 rings (SSSR count). The molecule has 3 aromatic carbocycles. The highest BCUT2D eigenvalue weighted by atomic mass is 16.2. The average molecular weight is 428 g/mol. The highest BCUT2D eigenvalue weighted by molar-refractivity contribution is 6.07. The number of carbonyl (C=O) groups excluding carboxylic acids is 1. The molecule has 0 fully saturated rings. The van der Waals surface area contributed by atoms with Gasteiger partial charge >= 0.3 is 0 Å². The smallest absolute Gasteiger partial charge is 0.271 e. The Morgan fingerprint density at radius 1 is 1.19 bits per heavy atom. The number of amides is 1. The maximum Gasteiger partial charge on any atom is 0.271 e. The lowest BCUT2D eigenvalue weighted by atomic mass is 9.79. The van der Waals surface area contributed by atoms with E-state index in [1.54, 1.807) is 6.21 Å². The molecule has 1 N–H and O–H groups in total. The molecule has 0 radical (unpaired) electrons. The number of rotatable bonds is 5. The summed E-state index contributed by atoms with van der Waals surface area (Å²) in [6.07, 6.45) is 4.02. The average Bonchev–Trinajstić information content (AvgIpc) is 2.76. The molecule has 1 atom stereocenters. The van der Waals surface area contributed by atoms with Gasteiger partial charge in [-0.3, -0.25) is 4.79 Å². The fourth-order valence-corrected chi connectivity index (χ4v) is 5.08. The third-order valence-electron chi connectivity index (χ3n) is 6.62. The third kappa shape index (κ3) is 4.14. The van der Waals surface area contributed by atoms with Crippen molar-refractivity contribution in [1.82, 2.24) is 5.43 Å². The number of hydrazone groups is 1. The number of benzene rings is 3. The molecule has 1 aliphatic rings. The van der Waals surface area contributed by atoms with E-state index in [2.05, 4.69) is 62.2 Å². The number of fused-ring (bicyclic) bond motifs is 2. The molecule has 0 aromatic heterocycles. The van der Waals surface area contributed by atoms with Crippen molar-refractivity contribution < 1.29 is 4.79 Å². The van der Waals surface area contributed by atoms with Gasteiger partial charge in [-0.05, 0) is 85.2 Å². The minimum atomic E-state index is -0.196. The molecular weight excluding hydrogens is 394 g/mol. The van der Waals surface area contributed by atoms with E-state index in [1.807, 2.05) is 42.5 Å². The zero-order valence-corrected chi connectivity index (χ0v) is 19.8. The van der Waals surface area contributed by atoms with Crippen molar-refractivity contribution in [3.05, 3.63) is 76.9 Å². The standard InChI is InChI=1S/C28H33N3O/c1-6-14-31-26-15-19(2)22(16-25(26)20(3)17-28(31,4)5)18-29-30-27(32)24-13-9-11-21-10-7-8-12-23(21)24/h7-13,15-16,18,20H,6,14,17H2,1-5H3,(H,30,32)/b29-18-. The fourth-order valence-electron chi connectivity index (χ4n) is 5.08. The van der Waals surface area contributed by atoms with Crippen LogP contribution in [0.4, 0.5) is 5.69 Å². The quantitative estimate of drug-likeness (QED) is 0.377. The first-order valence-electron chi connectivity index (χ1n) is 11.5. The van der Waals surface area contributed by atoms with Crippen LogP contribution in [0.2, 0.25) is 0 Å². The molecule has 3 aromatic rings. The molecule has 0 saturated heterocycles. The molecule has 0 bridgehead atoms. The summed E-state index contributed by atoms with van der Waals surface area (Å²) in [7, 11) is 0. The second-order valence-electron chi connectivity index (χ2n) is 9.56. The van der Waals surface area contributed by atoms with E-state index in [9.17, 15) is 4.79 Å². The number of hydrogen-bond donors (Lipinski definition) is 1. The minimum Gasteiger partial charge on any atom is -0.366 e. The van der Waals surface area contributed by atoms with E-state index in [0.717, 1.165) is 41.3 Å². The van der Waals surface area contributed by atoms with Crippen LogP contribution in [0.1, 0.15) is 73.5 Å². The van der Waals surface area contributed by atoms with Crippen molar-refractivity contribution in [2.24, 2.45) is 5.10 Å². The molecule has 0 aliphatic carbocycles. The number of aryl methyl sites for hydroxylation is 1. The first kappa shape index (κ1) is 22.1. The van der Waals surface area contributed by atoms with Crippen molar-refractivity contribution in [3.63, 3.8) is 0 Å². The van der Waals surface area contributed by atoms with E-state index >= 15 is 0 Å². The zero-order chi connectivity index (χ0) is 22.9. The Hall–Kier alpha value is -3.14. The molecule has 1 heterocycles. The second-order valence-corrected chi connectivity index (χ2v) is 9.56. The molecule has 1 aliphatic heterocycles. The molecule has 4 nitrogen and oxygen atoms in total. The summed E-state index contributed by atoms with van der Waals surface area (Å²) < 4.78 is 0. The van der Waals surface area contributed by atoms with Crippen LogP contribution in [-0.2, 0) is 0 Å². The Bertz CT molecular complexity index is 1170. The van der Waals surface area contributed by atoms with Crippen LogP contribution in [0.5, 0.6) is 0 Å². The lowest BCUT2D eigenvalue weighted by molar-refractivity contribution is 0.0957. The topological polar surface area (TPSA) is 44.7 Å². The molecular formula is C28H33N3O. The Balaban J connectivity index is 1.59. The highest BCUT2D eigenvalue weighted by Crippen LogP contribution is 2.44. The summed E-state index contributed by atoms with van der Waals surface area (Å²) >= 11 is 0. The van der Waals surface area contributed by atoms with Gasteiger partial charge in [-0.25, -0.2) is 5.43 Å². The molecule has 166 valence electrons. The van der Waals surface area contributed by atoms with Crippen LogP contribution in [0, 0.1) is 6.92 Å². The Labute approximate surface area is 191 Å². The molecule has 1 amide bonds. The van der Waals surface area contributed by atoms with Crippen LogP contribution in [-0.4, -0.2) is 24.2 Å². The van der Waals surface area contributed by atoms with Gasteiger partial charge in [-0.2, -0.15) is 5.10 Å². The van der Waals surface area contributed by atoms with E-state index in [0.29, 0.717) is 11.5 Å². The third-order valence-corrected chi connectivity index (χ3v) is 6.62. The summed E-state index contributed by atoms with van der Waals surface area (Å²) in [4.78, 5) is 15.3. The Kier molecular flexibility index (Phi) is 6.05. The van der Waals surface area contributed by atoms with Crippen LogP contribution in [0.25, 0.3) is 10.8 Å².